The molecular formula is C17H35N5O2. The second-order valence-corrected chi connectivity index (χ2v) is 7.26. The van der Waals surface area contributed by atoms with Crippen molar-refractivity contribution in [2.45, 2.75) is 46.1 Å². The fourth-order valence-corrected chi connectivity index (χ4v) is 2.72. The Morgan fingerprint density at radius 3 is 2.58 bits per heavy atom. The molecular weight excluding hydrogens is 306 g/mol. The van der Waals surface area contributed by atoms with Gasteiger partial charge in [-0.05, 0) is 52.6 Å². The number of likely N-dealkylation sites (tertiary alicyclic amines) is 1. The Hall–Kier alpha value is -1.50. The van der Waals surface area contributed by atoms with Gasteiger partial charge in [0.2, 0.25) is 0 Å². The first-order valence-electron chi connectivity index (χ1n) is 8.97. The van der Waals surface area contributed by atoms with Gasteiger partial charge in [0.05, 0.1) is 0 Å². The molecule has 7 nitrogen and oxygen atoms in total. The van der Waals surface area contributed by atoms with Crippen LogP contribution >= 0.6 is 0 Å². The molecule has 1 fully saturated rings. The van der Waals surface area contributed by atoms with Crippen LogP contribution in [-0.2, 0) is 4.74 Å². The van der Waals surface area contributed by atoms with Gasteiger partial charge in [-0.25, -0.2) is 4.79 Å². The predicted molar refractivity (Wildman–Crippen MR) is 98.4 cm³/mol. The molecule has 1 rings (SSSR count). The third-order valence-electron chi connectivity index (χ3n) is 3.78. The Balaban J connectivity index is 2.14. The van der Waals surface area contributed by atoms with Gasteiger partial charge in [0, 0.05) is 33.2 Å². The third-order valence-corrected chi connectivity index (χ3v) is 3.78. The summed E-state index contributed by atoms with van der Waals surface area (Å²) in [6.45, 7) is 13.4. The van der Waals surface area contributed by atoms with Crippen LogP contribution in [0.15, 0.2) is 4.99 Å². The highest BCUT2D eigenvalue weighted by atomic mass is 16.6. The summed E-state index contributed by atoms with van der Waals surface area (Å²) in [4.78, 5) is 18.3. The lowest BCUT2D eigenvalue weighted by atomic mass is 10.1. The number of carbonyl (C=O) groups excluding carboxylic acids is 1. The van der Waals surface area contributed by atoms with E-state index in [1.807, 2.05) is 20.8 Å². The molecule has 0 aromatic rings. The molecule has 0 bridgehead atoms. The summed E-state index contributed by atoms with van der Waals surface area (Å²) in [5.74, 6) is 1.45. The summed E-state index contributed by atoms with van der Waals surface area (Å²) >= 11 is 0. The summed E-state index contributed by atoms with van der Waals surface area (Å²) in [5.41, 5.74) is -0.470. The van der Waals surface area contributed by atoms with Crippen LogP contribution in [-0.4, -0.2) is 68.9 Å². The molecule has 0 aliphatic carbocycles. The van der Waals surface area contributed by atoms with Gasteiger partial charge in [0.25, 0.3) is 0 Å². The average molecular weight is 342 g/mol. The average Bonchev–Trinajstić information content (AvgIpc) is 2.93. The molecule has 1 aliphatic heterocycles. The van der Waals surface area contributed by atoms with Crippen molar-refractivity contribution < 1.29 is 9.53 Å². The highest BCUT2D eigenvalue weighted by molar-refractivity contribution is 5.79. The van der Waals surface area contributed by atoms with Crippen molar-refractivity contribution in [3.05, 3.63) is 0 Å². The van der Waals surface area contributed by atoms with Gasteiger partial charge in [-0.2, -0.15) is 0 Å². The van der Waals surface area contributed by atoms with E-state index >= 15 is 0 Å². The highest BCUT2D eigenvalue weighted by Gasteiger charge is 2.21. The minimum atomic E-state index is -0.470. The van der Waals surface area contributed by atoms with Crippen molar-refractivity contribution in [3.8, 4) is 0 Å². The largest absolute Gasteiger partial charge is 0.444 e. The minimum absolute atomic E-state index is 0.394. The van der Waals surface area contributed by atoms with Crippen LogP contribution in [0.4, 0.5) is 4.79 Å². The highest BCUT2D eigenvalue weighted by Crippen LogP contribution is 2.15. The molecule has 1 unspecified atom stereocenters. The number of carbonyl (C=O) groups is 1. The zero-order valence-electron chi connectivity index (χ0n) is 15.9. The van der Waals surface area contributed by atoms with Crippen LogP contribution in [0.5, 0.6) is 0 Å². The summed E-state index contributed by atoms with van der Waals surface area (Å²) < 4.78 is 5.19. The van der Waals surface area contributed by atoms with Gasteiger partial charge < -0.3 is 25.6 Å². The number of nitrogens with zero attached hydrogens (tertiary/aromatic N) is 2. The molecule has 1 atom stereocenters. The summed E-state index contributed by atoms with van der Waals surface area (Å²) in [7, 11) is 1.76. The Bertz CT molecular complexity index is 406. The maximum Gasteiger partial charge on any atom is 0.407 e. The lowest BCUT2D eigenvalue weighted by Gasteiger charge is -2.20. The number of hydrogen-bond acceptors (Lipinski definition) is 4. The van der Waals surface area contributed by atoms with Crippen molar-refractivity contribution in [3.63, 3.8) is 0 Å². The van der Waals surface area contributed by atoms with Crippen LogP contribution in [0.1, 0.15) is 40.5 Å². The second kappa shape index (κ2) is 10.4. The quantitative estimate of drug-likeness (QED) is 0.371. The van der Waals surface area contributed by atoms with E-state index in [9.17, 15) is 4.79 Å². The monoisotopic (exact) mass is 341 g/mol. The van der Waals surface area contributed by atoms with E-state index < -0.39 is 11.7 Å². The zero-order valence-corrected chi connectivity index (χ0v) is 15.9. The van der Waals surface area contributed by atoms with Crippen LogP contribution in [0.3, 0.4) is 0 Å². The fraction of sp³-hybridized carbons (Fsp3) is 0.882. The van der Waals surface area contributed by atoms with Gasteiger partial charge in [-0.15, -0.1) is 0 Å². The molecule has 0 spiro atoms. The third kappa shape index (κ3) is 8.96. The van der Waals surface area contributed by atoms with Gasteiger partial charge in [-0.3, -0.25) is 4.99 Å². The number of amides is 1. The standard InChI is InChI=1S/C17H35N5O2/c1-6-10-22-11-7-14(13-22)12-21-15(18-5)19-8-9-20-16(23)24-17(2,3)4/h14H,6-13H2,1-5H3,(H,20,23)(H2,18,19,21). The maximum atomic E-state index is 11.5. The topological polar surface area (TPSA) is 78.0 Å². The Labute approximate surface area is 146 Å². The number of alkyl carbamates (subject to hydrolysis) is 1. The van der Waals surface area contributed by atoms with E-state index in [-0.39, 0.29) is 0 Å². The van der Waals surface area contributed by atoms with Crippen molar-refractivity contribution in [2.24, 2.45) is 10.9 Å². The number of nitrogens with one attached hydrogen (secondary N) is 3. The van der Waals surface area contributed by atoms with Crippen LogP contribution in [0.25, 0.3) is 0 Å². The second-order valence-electron chi connectivity index (χ2n) is 7.26. The summed E-state index contributed by atoms with van der Waals surface area (Å²) in [6, 6.07) is 0. The van der Waals surface area contributed by atoms with Gasteiger partial charge in [-0.1, -0.05) is 6.92 Å². The maximum absolute atomic E-state index is 11.5. The van der Waals surface area contributed by atoms with E-state index in [1.54, 1.807) is 7.05 Å². The predicted octanol–water partition coefficient (Wildman–Crippen LogP) is 1.41. The SMILES string of the molecule is CCCN1CCC(CNC(=NC)NCCNC(=O)OC(C)(C)C)C1. The normalized spacial score (nSPS) is 19.2. The molecule has 140 valence electrons. The summed E-state index contributed by atoms with van der Waals surface area (Å²) in [6.07, 6.45) is 2.06. The fourth-order valence-electron chi connectivity index (χ4n) is 2.72. The first-order chi connectivity index (χ1) is 11.3. The van der Waals surface area contributed by atoms with Crippen molar-refractivity contribution in [2.75, 3.05) is 46.3 Å². The zero-order chi connectivity index (χ0) is 18.0. The van der Waals surface area contributed by atoms with Gasteiger partial charge in [0.15, 0.2) is 5.96 Å². The minimum Gasteiger partial charge on any atom is -0.444 e. The van der Waals surface area contributed by atoms with E-state index in [2.05, 4.69) is 32.8 Å². The van der Waals surface area contributed by atoms with E-state index in [0.717, 1.165) is 19.0 Å². The summed E-state index contributed by atoms with van der Waals surface area (Å²) in [5, 5.41) is 9.29. The number of guanidine groups is 1. The van der Waals surface area contributed by atoms with E-state index in [0.29, 0.717) is 19.0 Å². The van der Waals surface area contributed by atoms with Crippen molar-refractivity contribution in [1.82, 2.24) is 20.9 Å². The molecule has 3 N–H and O–H groups in total. The molecule has 1 saturated heterocycles. The Morgan fingerprint density at radius 1 is 1.25 bits per heavy atom. The number of hydrogen-bond donors (Lipinski definition) is 3. The lowest BCUT2D eigenvalue weighted by molar-refractivity contribution is 0.0529. The molecule has 0 radical (unpaired) electrons. The Kier molecular flexibility index (Phi) is 8.89. The molecule has 0 saturated carbocycles. The molecule has 1 heterocycles. The van der Waals surface area contributed by atoms with Crippen molar-refractivity contribution >= 4 is 12.1 Å². The Morgan fingerprint density at radius 2 is 1.96 bits per heavy atom. The first-order valence-corrected chi connectivity index (χ1v) is 8.97. The molecule has 1 aliphatic rings. The van der Waals surface area contributed by atoms with Crippen LogP contribution < -0.4 is 16.0 Å². The molecule has 0 aromatic heterocycles. The van der Waals surface area contributed by atoms with Crippen molar-refractivity contribution in [1.29, 1.82) is 0 Å². The number of ether oxygens (including phenoxy) is 1. The van der Waals surface area contributed by atoms with E-state index in [4.69, 9.17) is 4.74 Å². The van der Waals surface area contributed by atoms with Crippen LogP contribution in [0.2, 0.25) is 0 Å². The van der Waals surface area contributed by atoms with Gasteiger partial charge in [0.1, 0.15) is 5.60 Å². The first kappa shape index (κ1) is 20.5. The van der Waals surface area contributed by atoms with Gasteiger partial charge >= 0.3 is 6.09 Å². The van der Waals surface area contributed by atoms with Crippen LogP contribution in [0, 0.1) is 5.92 Å². The molecule has 1 amide bonds. The smallest absolute Gasteiger partial charge is 0.407 e. The number of rotatable bonds is 7. The molecule has 0 aromatic carbocycles. The van der Waals surface area contributed by atoms with E-state index in [1.165, 1.54) is 25.9 Å². The number of aliphatic imine (C=N–C) groups is 1. The molecule has 24 heavy (non-hydrogen) atoms. The molecule has 7 heteroatoms. The lowest BCUT2D eigenvalue weighted by Crippen LogP contribution is -2.44.